The van der Waals surface area contributed by atoms with Crippen LogP contribution in [0, 0.1) is 0 Å². The summed E-state index contributed by atoms with van der Waals surface area (Å²) in [4.78, 5) is 12.9. The van der Waals surface area contributed by atoms with Crippen LogP contribution < -0.4 is 11.1 Å². The number of nitrogens with zero attached hydrogens (tertiary/aromatic N) is 1. The smallest absolute Gasteiger partial charge is 0.234 e. The molecule has 1 heterocycles. The van der Waals surface area contributed by atoms with Gasteiger partial charge in [0, 0.05) is 12.8 Å². The molecular weight excluding hydrogens is 214 g/mol. The third-order valence-electron chi connectivity index (χ3n) is 1.41. The molecule has 0 radical (unpaired) electrons. The van der Waals surface area contributed by atoms with Crippen molar-refractivity contribution in [1.29, 1.82) is 0 Å². The molecule has 3 N–H and O–H groups in total. The second-order valence-corrected chi connectivity index (χ2v) is 4.00. The van der Waals surface area contributed by atoms with Gasteiger partial charge in [0.15, 0.2) is 0 Å². The van der Waals surface area contributed by atoms with Crippen molar-refractivity contribution in [2.45, 2.75) is 12.4 Å². The highest BCUT2D eigenvalue weighted by Crippen LogP contribution is 2.17. The fraction of sp³-hybridized carbons (Fsp3) is 0.556. The molecule has 1 saturated heterocycles. The number of aliphatic imine (C=N–C) groups is 1. The Morgan fingerprint density at radius 2 is 2.47 bits per heavy atom. The first-order valence-corrected chi connectivity index (χ1v) is 5.59. The maximum atomic E-state index is 9.66. The van der Waals surface area contributed by atoms with Gasteiger partial charge in [-0.15, -0.1) is 11.8 Å². The lowest BCUT2D eigenvalue weighted by atomic mass is 10.5. The van der Waals surface area contributed by atoms with Crippen molar-refractivity contribution in [1.82, 2.24) is 5.32 Å². The number of carbonyl (C=O) groups is 1. The van der Waals surface area contributed by atoms with Crippen molar-refractivity contribution in [3.05, 3.63) is 12.3 Å². The predicted octanol–water partition coefficient (Wildman–Crippen LogP) is 0.329. The Kier molecular flexibility index (Phi) is 8.90. The van der Waals surface area contributed by atoms with Gasteiger partial charge in [0.25, 0.3) is 0 Å². The lowest BCUT2D eigenvalue weighted by Gasteiger charge is -1.93. The van der Waals surface area contributed by atoms with E-state index in [0.717, 1.165) is 6.61 Å². The normalized spacial score (nSPS) is 20.9. The van der Waals surface area contributed by atoms with E-state index in [0.29, 0.717) is 11.8 Å². The van der Waals surface area contributed by atoms with E-state index >= 15 is 0 Å². The van der Waals surface area contributed by atoms with E-state index in [-0.39, 0.29) is 5.84 Å². The molecule has 86 valence electrons. The van der Waals surface area contributed by atoms with Crippen molar-refractivity contribution >= 4 is 24.0 Å². The molecule has 1 atom stereocenters. The summed E-state index contributed by atoms with van der Waals surface area (Å²) >= 11 is 1.87. The van der Waals surface area contributed by atoms with Crippen LogP contribution >= 0.6 is 11.8 Å². The summed E-state index contributed by atoms with van der Waals surface area (Å²) in [5.41, 5.74) is 5.63. The Balaban J connectivity index is 0.000000280. The number of amidine groups is 1. The van der Waals surface area contributed by atoms with Gasteiger partial charge in [-0.2, -0.15) is 4.99 Å². The number of carbonyl (C=O) groups excluding carboxylic acids is 1. The van der Waals surface area contributed by atoms with E-state index in [4.69, 9.17) is 10.5 Å². The lowest BCUT2D eigenvalue weighted by Crippen LogP contribution is -2.09. The largest absolute Gasteiger partial charge is 0.394 e. The van der Waals surface area contributed by atoms with Crippen LogP contribution in [0.3, 0.4) is 0 Å². The number of hydrogen-bond donors (Lipinski definition) is 2. The van der Waals surface area contributed by atoms with Crippen LogP contribution in [0.5, 0.6) is 0 Å². The van der Waals surface area contributed by atoms with E-state index < -0.39 is 0 Å². The zero-order chi connectivity index (χ0) is 11.5. The summed E-state index contributed by atoms with van der Waals surface area (Å²) in [6.45, 7) is 3.03. The maximum absolute atomic E-state index is 9.66. The minimum Gasteiger partial charge on any atom is -0.394 e. The SMILES string of the molecule is CC1OCCS1.CN/C=C\C(N)=NC=O. The molecule has 0 spiro atoms. The topological polar surface area (TPSA) is 76.7 Å². The van der Waals surface area contributed by atoms with Gasteiger partial charge in [-0.25, -0.2) is 0 Å². The number of rotatable bonds is 3. The minimum atomic E-state index is 0.194. The number of amides is 1. The van der Waals surface area contributed by atoms with Crippen LogP contribution in [0.1, 0.15) is 6.92 Å². The summed E-state index contributed by atoms with van der Waals surface area (Å²) in [5.74, 6) is 1.38. The number of thioether (sulfide) groups is 1. The molecule has 15 heavy (non-hydrogen) atoms. The summed E-state index contributed by atoms with van der Waals surface area (Å²) < 4.78 is 5.12. The summed E-state index contributed by atoms with van der Waals surface area (Å²) in [5, 5.41) is 2.70. The van der Waals surface area contributed by atoms with Crippen LogP contribution in [0.4, 0.5) is 0 Å². The number of nitrogens with one attached hydrogen (secondary N) is 1. The first kappa shape index (κ1) is 14.0. The van der Waals surface area contributed by atoms with Gasteiger partial charge in [0.05, 0.1) is 6.61 Å². The second kappa shape index (κ2) is 9.54. The first-order valence-electron chi connectivity index (χ1n) is 4.54. The van der Waals surface area contributed by atoms with Gasteiger partial charge in [-0.1, -0.05) is 0 Å². The molecule has 0 saturated carbocycles. The molecular formula is C9H17N3O2S. The highest BCUT2D eigenvalue weighted by atomic mass is 32.2. The van der Waals surface area contributed by atoms with Crippen LogP contribution in [-0.4, -0.2) is 37.1 Å². The van der Waals surface area contributed by atoms with Crippen molar-refractivity contribution in [3.8, 4) is 0 Å². The third-order valence-corrected chi connectivity index (χ3v) is 2.42. The average molecular weight is 231 g/mol. The second-order valence-electron chi connectivity index (χ2n) is 2.59. The van der Waals surface area contributed by atoms with E-state index in [1.54, 1.807) is 13.2 Å². The Hall–Kier alpha value is -1.01. The molecule has 1 fully saturated rings. The minimum absolute atomic E-state index is 0.194. The monoisotopic (exact) mass is 231 g/mol. The maximum Gasteiger partial charge on any atom is 0.234 e. The fourth-order valence-electron chi connectivity index (χ4n) is 0.749. The van der Waals surface area contributed by atoms with Gasteiger partial charge >= 0.3 is 0 Å². The number of nitrogens with two attached hydrogens (primary N) is 1. The summed E-state index contributed by atoms with van der Waals surface area (Å²) in [6, 6.07) is 0. The zero-order valence-electron chi connectivity index (χ0n) is 8.97. The molecule has 1 aliphatic rings. The molecule has 0 aliphatic carbocycles. The molecule has 6 heteroatoms. The van der Waals surface area contributed by atoms with E-state index in [1.165, 1.54) is 11.8 Å². The predicted molar refractivity (Wildman–Crippen MR) is 63.8 cm³/mol. The quantitative estimate of drug-likeness (QED) is 0.416. The van der Waals surface area contributed by atoms with Crippen LogP contribution in [-0.2, 0) is 9.53 Å². The number of ether oxygens (including phenoxy) is 1. The first-order chi connectivity index (χ1) is 7.20. The van der Waals surface area contributed by atoms with Gasteiger partial charge < -0.3 is 15.8 Å². The van der Waals surface area contributed by atoms with Gasteiger partial charge in [-0.05, 0) is 19.2 Å². The molecule has 1 unspecified atom stereocenters. The van der Waals surface area contributed by atoms with E-state index in [2.05, 4.69) is 17.2 Å². The van der Waals surface area contributed by atoms with E-state index in [9.17, 15) is 4.79 Å². The van der Waals surface area contributed by atoms with Crippen molar-refractivity contribution in [2.24, 2.45) is 10.7 Å². The van der Waals surface area contributed by atoms with Crippen LogP contribution in [0.15, 0.2) is 17.3 Å². The Labute approximate surface area is 94.2 Å². The Morgan fingerprint density at radius 3 is 2.80 bits per heavy atom. The van der Waals surface area contributed by atoms with Gasteiger partial charge in [0.1, 0.15) is 11.3 Å². The zero-order valence-corrected chi connectivity index (χ0v) is 9.79. The molecule has 0 bridgehead atoms. The molecule has 0 aromatic heterocycles. The third kappa shape index (κ3) is 9.30. The van der Waals surface area contributed by atoms with Crippen molar-refractivity contribution < 1.29 is 9.53 Å². The van der Waals surface area contributed by atoms with E-state index in [1.807, 2.05) is 11.8 Å². The molecule has 0 aromatic carbocycles. The fourth-order valence-corrected chi connectivity index (χ4v) is 1.47. The lowest BCUT2D eigenvalue weighted by molar-refractivity contribution is -0.106. The highest BCUT2D eigenvalue weighted by Gasteiger charge is 2.07. The van der Waals surface area contributed by atoms with Gasteiger partial charge in [-0.3, -0.25) is 4.79 Å². The summed E-state index contributed by atoms with van der Waals surface area (Å²) in [6.07, 6.45) is 3.48. The molecule has 1 aliphatic heterocycles. The highest BCUT2D eigenvalue weighted by molar-refractivity contribution is 7.99. The number of hydrogen-bond acceptors (Lipinski definition) is 4. The van der Waals surface area contributed by atoms with Crippen molar-refractivity contribution in [3.63, 3.8) is 0 Å². The van der Waals surface area contributed by atoms with Crippen LogP contribution in [0.25, 0.3) is 0 Å². The van der Waals surface area contributed by atoms with Gasteiger partial charge in [0.2, 0.25) is 6.41 Å². The molecule has 5 nitrogen and oxygen atoms in total. The molecule has 0 aromatic rings. The molecule has 1 amide bonds. The summed E-state index contributed by atoms with van der Waals surface area (Å²) in [7, 11) is 1.73. The van der Waals surface area contributed by atoms with Crippen molar-refractivity contribution in [2.75, 3.05) is 19.4 Å². The standard InChI is InChI=1S/C5H9N3O.C4H8OS/c1-7-3-2-5(6)8-4-9;1-4-5-2-3-6-4/h2-4,7H,1H3,(H2,6,8,9);4H,2-3H2,1H3/b3-2-;. The Bertz CT molecular complexity index is 225. The molecule has 1 rings (SSSR count). The Morgan fingerprint density at radius 1 is 1.73 bits per heavy atom. The van der Waals surface area contributed by atoms with Crippen LogP contribution in [0.2, 0.25) is 0 Å². The average Bonchev–Trinajstić information content (AvgIpc) is 2.67.